The van der Waals surface area contributed by atoms with Gasteiger partial charge in [0.2, 0.25) is 5.95 Å². The Kier molecular flexibility index (Phi) is 4.46. The van der Waals surface area contributed by atoms with E-state index in [4.69, 9.17) is 4.74 Å². The van der Waals surface area contributed by atoms with Crippen LogP contribution in [0.2, 0.25) is 0 Å². The van der Waals surface area contributed by atoms with Crippen molar-refractivity contribution in [3.8, 4) is 0 Å². The smallest absolute Gasteiger partial charge is 0.332 e. The first-order chi connectivity index (χ1) is 10.1. The molecular formula is C13H21N5O3. The van der Waals surface area contributed by atoms with Crippen LogP contribution in [0.1, 0.15) is 13.8 Å². The van der Waals surface area contributed by atoms with Crippen LogP contribution in [0.25, 0.3) is 11.2 Å². The van der Waals surface area contributed by atoms with E-state index in [2.05, 4.69) is 10.3 Å². The predicted octanol–water partition coefficient (Wildman–Crippen LogP) is -0.00520. The monoisotopic (exact) mass is 295 g/mol. The minimum Gasteiger partial charge on any atom is -0.383 e. The minimum absolute atomic E-state index is 0.331. The highest BCUT2D eigenvalue weighted by molar-refractivity contribution is 5.74. The van der Waals surface area contributed by atoms with Crippen molar-refractivity contribution in [3.05, 3.63) is 20.8 Å². The van der Waals surface area contributed by atoms with Gasteiger partial charge in [-0.1, -0.05) is 0 Å². The zero-order chi connectivity index (χ0) is 15.6. The number of anilines is 1. The zero-order valence-corrected chi connectivity index (χ0v) is 12.8. The molecule has 0 amide bonds. The molecule has 0 aliphatic heterocycles. The van der Waals surface area contributed by atoms with Gasteiger partial charge in [0.05, 0.1) is 13.2 Å². The number of imidazole rings is 1. The molecule has 8 nitrogen and oxygen atoms in total. The van der Waals surface area contributed by atoms with E-state index in [9.17, 15) is 9.59 Å². The SMILES string of the molecule is CCNc1nc2c(c(=O)n(C)c(=O)n2CCOC)n1CC. The summed E-state index contributed by atoms with van der Waals surface area (Å²) in [7, 11) is 3.05. The molecule has 0 unspecified atom stereocenters. The normalized spacial score (nSPS) is 11.2. The van der Waals surface area contributed by atoms with Gasteiger partial charge in [-0.15, -0.1) is 0 Å². The Morgan fingerprint density at radius 2 is 1.95 bits per heavy atom. The fraction of sp³-hybridized carbons (Fsp3) is 0.615. The molecule has 2 aromatic rings. The van der Waals surface area contributed by atoms with E-state index in [1.54, 1.807) is 11.7 Å². The Labute approximate surface area is 122 Å². The highest BCUT2D eigenvalue weighted by Gasteiger charge is 2.19. The highest BCUT2D eigenvalue weighted by atomic mass is 16.5. The molecule has 8 heteroatoms. The average Bonchev–Trinajstić information content (AvgIpc) is 2.83. The Hall–Kier alpha value is -2.09. The lowest BCUT2D eigenvalue weighted by Gasteiger charge is -2.09. The molecule has 21 heavy (non-hydrogen) atoms. The van der Waals surface area contributed by atoms with Crippen molar-refractivity contribution in [1.82, 2.24) is 18.7 Å². The zero-order valence-electron chi connectivity index (χ0n) is 12.8. The molecule has 0 radical (unpaired) electrons. The first kappa shape index (κ1) is 15.3. The van der Waals surface area contributed by atoms with Crippen LogP contribution in [0.15, 0.2) is 9.59 Å². The highest BCUT2D eigenvalue weighted by Crippen LogP contribution is 2.15. The molecule has 0 aliphatic rings. The molecule has 2 aromatic heterocycles. The summed E-state index contributed by atoms with van der Waals surface area (Å²) in [4.78, 5) is 29.1. The standard InChI is InChI=1S/C13H21N5O3/c1-5-14-12-15-10-9(17(12)6-2)11(19)16(3)13(20)18(10)7-8-21-4/h5-8H2,1-4H3,(H,14,15). The summed E-state index contributed by atoms with van der Waals surface area (Å²) in [6.07, 6.45) is 0. The summed E-state index contributed by atoms with van der Waals surface area (Å²) >= 11 is 0. The van der Waals surface area contributed by atoms with E-state index >= 15 is 0 Å². The number of nitrogens with one attached hydrogen (secondary N) is 1. The second kappa shape index (κ2) is 6.13. The quantitative estimate of drug-likeness (QED) is 0.811. The number of fused-ring (bicyclic) bond motifs is 1. The summed E-state index contributed by atoms with van der Waals surface area (Å²) in [5, 5.41) is 3.12. The lowest BCUT2D eigenvalue weighted by atomic mass is 10.4. The predicted molar refractivity (Wildman–Crippen MR) is 80.9 cm³/mol. The van der Waals surface area contributed by atoms with Crippen molar-refractivity contribution in [3.63, 3.8) is 0 Å². The number of hydrogen-bond acceptors (Lipinski definition) is 5. The maximum Gasteiger partial charge on any atom is 0.332 e. The third kappa shape index (κ3) is 2.46. The number of aryl methyl sites for hydroxylation is 1. The lowest BCUT2D eigenvalue weighted by molar-refractivity contribution is 0.186. The van der Waals surface area contributed by atoms with E-state index in [1.807, 2.05) is 13.8 Å². The van der Waals surface area contributed by atoms with Gasteiger partial charge in [-0.05, 0) is 13.8 Å². The molecule has 0 saturated heterocycles. The van der Waals surface area contributed by atoms with Gasteiger partial charge in [0.1, 0.15) is 0 Å². The number of methoxy groups -OCH3 is 1. The van der Waals surface area contributed by atoms with Crippen LogP contribution in [0.3, 0.4) is 0 Å². The average molecular weight is 295 g/mol. The molecule has 0 bridgehead atoms. The summed E-state index contributed by atoms with van der Waals surface area (Å²) in [5.74, 6) is 0.601. The third-order valence-corrected chi connectivity index (χ3v) is 3.40. The maximum absolute atomic E-state index is 12.4. The summed E-state index contributed by atoms with van der Waals surface area (Å²) in [6.45, 7) is 5.90. The minimum atomic E-state index is -0.381. The van der Waals surface area contributed by atoms with Gasteiger partial charge in [0.15, 0.2) is 11.2 Å². The fourth-order valence-corrected chi connectivity index (χ4v) is 2.34. The van der Waals surface area contributed by atoms with Crippen molar-refractivity contribution < 1.29 is 4.74 Å². The van der Waals surface area contributed by atoms with Crippen LogP contribution < -0.4 is 16.6 Å². The van der Waals surface area contributed by atoms with Crippen LogP contribution in [0.4, 0.5) is 5.95 Å². The van der Waals surface area contributed by atoms with Gasteiger partial charge in [0, 0.05) is 27.2 Å². The Morgan fingerprint density at radius 3 is 2.52 bits per heavy atom. The summed E-state index contributed by atoms with van der Waals surface area (Å²) < 4.78 is 9.42. The molecule has 0 aromatic carbocycles. The van der Waals surface area contributed by atoms with Crippen molar-refractivity contribution >= 4 is 17.1 Å². The molecule has 2 rings (SSSR count). The fourth-order valence-electron chi connectivity index (χ4n) is 2.34. The second-order valence-electron chi connectivity index (χ2n) is 4.67. The van der Waals surface area contributed by atoms with Gasteiger partial charge in [-0.25, -0.2) is 4.79 Å². The Morgan fingerprint density at radius 1 is 1.24 bits per heavy atom. The maximum atomic E-state index is 12.4. The van der Waals surface area contributed by atoms with Gasteiger partial charge in [-0.3, -0.25) is 13.9 Å². The first-order valence-corrected chi connectivity index (χ1v) is 6.99. The largest absolute Gasteiger partial charge is 0.383 e. The van der Waals surface area contributed by atoms with Crippen LogP contribution in [0, 0.1) is 0 Å². The molecule has 116 valence electrons. The van der Waals surface area contributed by atoms with Crippen LogP contribution in [0.5, 0.6) is 0 Å². The summed E-state index contributed by atoms with van der Waals surface area (Å²) in [6, 6.07) is 0. The number of aromatic nitrogens is 4. The number of ether oxygens (including phenoxy) is 1. The molecule has 0 atom stereocenters. The molecular weight excluding hydrogens is 274 g/mol. The van der Waals surface area contributed by atoms with E-state index in [-0.39, 0.29) is 11.2 Å². The van der Waals surface area contributed by atoms with Crippen LogP contribution in [-0.4, -0.2) is 38.9 Å². The summed E-state index contributed by atoms with van der Waals surface area (Å²) in [5.41, 5.74) is 0.125. The third-order valence-electron chi connectivity index (χ3n) is 3.40. The lowest BCUT2D eigenvalue weighted by Crippen LogP contribution is -2.39. The van der Waals surface area contributed by atoms with Gasteiger partial charge in [-0.2, -0.15) is 4.98 Å². The Balaban J connectivity index is 2.84. The first-order valence-electron chi connectivity index (χ1n) is 6.99. The van der Waals surface area contributed by atoms with Crippen molar-refractivity contribution in [2.45, 2.75) is 26.9 Å². The molecule has 0 saturated carbocycles. The van der Waals surface area contributed by atoms with Crippen molar-refractivity contribution in [2.75, 3.05) is 25.6 Å². The van der Waals surface area contributed by atoms with Crippen molar-refractivity contribution in [1.29, 1.82) is 0 Å². The van der Waals surface area contributed by atoms with Gasteiger partial charge in [0.25, 0.3) is 5.56 Å². The molecule has 0 spiro atoms. The molecule has 0 fully saturated rings. The van der Waals surface area contributed by atoms with E-state index in [0.717, 1.165) is 4.57 Å². The number of hydrogen-bond donors (Lipinski definition) is 1. The Bertz CT molecular complexity index is 756. The van der Waals surface area contributed by atoms with E-state index in [1.165, 1.54) is 11.6 Å². The van der Waals surface area contributed by atoms with E-state index in [0.29, 0.717) is 43.4 Å². The van der Waals surface area contributed by atoms with Crippen LogP contribution >= 0.6 is 0 Å². The molecule has 0 aliphatic carbocycles. The van der Waals surface area contributed by atoms with Crippen LogP contribution in [-0.2, 0) is 24.9 Å². The number of nitrogens with zero attached hydrogens (tertiary/aromatic N) is 4. The number of rotatable bonds is 6. The second-order valence-corrected chi connectivity index (χ2v) is 4.67. The van der Waals surface area contributed by atoms with E-state index < -0.39 is 0 Å². The van der Waals surface area contributed by atoms with Crippen molar-refractivity contribution in [2.24, 2.45) is 7.05 Å². The molecule has 1 N–H and O–H groups in total. The van der Waals surface area contributed by atoms with Gasteiger partial charge >= 0.3 is 5.69 Å². The topological polar surface area (TPSA) is 83.1 Å². The van der Waals surface area contributed by atoms with Gasteiger partial charge < -0.3 is 14.6 Å². The molecule has 2 heterocycles.